The van der Waals surface area contributed by atoms with Gasteiger partial charge in [0, 0.05) is 63.1 Å². The highest BCUT2D eigenvalue weighted by Crippen LogP contribution is 2.34. The smallest absolute Gasteiger partial charge is 0.308 e. The molecular formula is C31H45N5O6S. The first-order valence-corrected chi connectivity index (χ1v) is 15.8. The summed E-state index contributed by atoms with van der Waals surface area (Å²) in [5.74, 6) is -0.337. The maximum absolute atomic E-state index is 13.4. The molecule has 4 unspecified atom stereocenters. The van der Waals surface area contributed by atoms with Crippen LogP contribution in [0.5, 0.6) is 0 Å². The number of nitrogens with one attached hydrogen (secondary N) is 1. The molecule has 2 aromatic rings. The third-order valence-corrected chi connectivity index (χ3v) is 8.69. The van der Waals surface area contributed by atoms with Gasteiger partial charge in [-0.15, -0.1) is 11.3 Å². The van der Waals surface area contributed by atoms with E-state index in [0.717, 1.165) is 12.0 Å². The maximum Gasteiger partial charge on any atom is 0.308 e. The summed E-state index contributed by atoms with van der Waals surface area (Å²) in [7, 11) is 3.14. The third kappa shape index (κ3) is 10.7. The van der Waals surface area contributed by atoms with Gasteiger partial charge in [0.2, 0.25) is 5.91 Å². The van der Waals surface area contributed by atoms with Gasteiger partial charge in [-0.05, 0) is 37.2 Å². The lowest BCUT2D eigenvalue weighted by atomic mass is 9.96. The van der Waals surface area contributed by atoms with E-state index in [1.807, 2.05) is 20.8 Å². The largest absolute Gasteiger partial charge is 0.469 e. The number of nitrogens with zero attached hydrogens (tertiary/aromatic N) is 4. The fraction of sp³-hybridized carbons (Fsp3) is 0.645. The summed E-state index contributed by atoms with van der Waals surface area (Å²) in [6.45, 7) is 9.04. The number of carbonyl (C=O) groups is 4. The van der Waals surface area contributed by atoms with Crippen molar-refractivity contribution in [2.24, 2.45) is 17.8 Å². The van der Waals surface area contributed by atoms with Crippen molar-refractivity contribution in [3.05, 3.63) is 39.9 Å². The van der Waals surface area contributed by atoms with E-state index in [2.05, 4.69) is 20.3 Å². The number of aryl methyl sites for hydroxylation is 1. The van der Waals surface area contributed by atoms with E-state index in [4.69, 9.17) is 9.47 Å². The quantitative estimate of drug-likeness (QED) is 0.271. The van der Waals surface area contributed by atoms with Crippen molar-refractivity contribution < 1.29 is 28.7 Å². The molecule has 0 radical (unpaired) electrons. The van der Waals surface area contributed by atoms with Crippen LogP contribution in [-0.2, 0) is 30.3 Å². The number of hydrogen-bond donors (Lipinski definition) is 1. The van der Waals surface area contributed by atoms with Gasteiger partial charge >= 0.3 is 11.9 Å². The molecule has 0 bridgehead atoms. The van der Waals surface area contributed by atoms with Crippen LogP contribution in [0.25, 0.3) is 0 Å². The molecule has 2 heterocycles. The predicted molar refractivity (Wildman–Crippen MR) is 162 cm³/mol. The normalized spacial score (nSPS) is 15.7. The standard InChI is InChI=1S/C31H45N5O6S/c1-18(2)25(36(6)28(38)11-10-22-8-9-22)14-26(42-21(5)37)30-35-24(17-43-30)29(39)34-23(12-20(4)31(40)41-7)13-27-32-15-19(3)16-33-27/h15-18,20,22-23,25-26H,8-14H2,1-7H3,(H,34,39). The van der Waals surface area contributed by atoms with Gasteiger partial charge in [0.1, 0.15) is 16.5 Å². The molecule has 3 rings (SSSR count). The minimum Gasteiger partial charge on any atom is -0.469 e. The van der Waals surface area contributed by atoms with Crippen LogP contribution >= 0.6 is 11.3 Å². The summed E-state index contributed by atoms with van der Waals surface area (Å²) < 4.78 is 10.6. The van der Waals surface area contributed by atoms with Crippen LogP contribution in [0.3, 0.4) is 0 Å². The monoisotopic (exact) mass is 615 g/mol. The summed E-state index contributed by atoms with van der Waals surface area (Å²) in [5.41, 5.74) is 1.09. The second-order valence-electron chi connectivity index (χ2n) is 11.9. The van der Waals surface area contributed by atoms with Gasteiger partial charge in [-0.25, -0.2) is 15.0 Å². The molecule has 1 N–H and O–H groups in total. The van der Waals surface area contributed by atoms with E-state index in [0.29, 0.717) is 42.4 Å². The molecule has 2 aromatic heterocycles. The molecule has 0 aromatic carbocycles. The van der Waals surface area contributed by atoms with Gasteiger partial charge in [-0.1, -0.05) is 33.6 Å². The molecule has 1 fully saturated rings. The van der Waals surface area contributed by atoms with Gasteiger partial charge in [0.05, 0.1) is 13.0 Å². The number of esters is 2. The molecule has 12 heteroatoms. The number of amides is 2. The Labute approximate surface area is 258 Å². The van der Waals surface area contributed by atoms with Gasteiger partial charge in [-0.3, -0.25) is 19.2 Å². The van der Waals surface area contributed by atoms with Crippen LogP contribution in [0.1, 0.15) is 99.2 Å². The molecule has 1 aliphatic carbocycles. The molecule has 236 valence electrons. The van der Waals surface area contributed by atoms with E-state index >= 15 is 0 Å². The first kappa shape index (κ1) is 34.1. The van der Waals surface area contributed by atoms with Crippen LogP contribution in [0.2, 0.25) is 0 Å². The number of hydrogen-bond acceptors (Lipinski definition) is 10. The summed E-state index contributed by atoms with van der Waals surface area (Å²) in [4.78, 5) is 65.5. The first-order chi connectivity index (χ1) is 20.4. The third-order valence-electron chi connectivity index (χ3n) is 7.76. The topological polar surface area (TPSA) is 141 Å². The Kier molecular flexibility index (Phi) is 12.6. The fourth-order valence-corrected chi connectivity index (χ4v) is 5.89. The summed E-state index contributed by atoms with van der Waals surface area (Å²) in [6.07, 6.45) is 7.50. The van der Waals surface area contributed by atoms with Crippen molar-refractivity contribution in [2.45, 2.75) is 97.8 Å². The van der Waals surface area contributed by atoms with Crippen molar-refractivity contribution in [3.63, 3.8) is 0 Å². The minimum absolute atomic E-state index is 0.0798. The van der Waals surface area contributed by atoms with E-state index in [9.17, 15) is 19.2 Å². The molecule has 0 aliphatic heterocycles. The fourth-order valence-electron chi connectivity index (χ4n) is 5.05. The number of methoxy groups -OCH3 is 1. The van der Waals surface area contributed by atoms with Crippen molar-refractivity contribution >= 4 is 35.1 Å². The molecule has 4 atom stereocenters. The Morgan fingerprint density at radius 3 is 2.37 bits per heavy atom. The summed E-state index contributed by atoms with van der Waals surface area (Å²) >= 11 is 1.23. The lowest BCUT2D eigenvalue weighted by Crippen LogP contribution is -2.41. The highest BCUT2D eigenvalue weighted by atomic mass is 32.1. The number of ether oxygens (including phenoxy) is 2. The molecule has 0 spiro atoms. The van der Waals surface area contributed by atoms with Crippen LogP contribution in [0.15, 0.2) is 17.8 Å². The Hall–Kier alpha value is -3.41. The van der Waals surface area contributed by atoms with E-state index in [1.165, 1.54) is 38.2 Å². The van der Waals surface area contributed by atoms with Crippen molar-refractivity contribution in [1.82, 2.24) is 25.2 Å². The number of aromatic nitrogens is 3. The van der Waals surface area contributed by atoms with Crippen LogP contribution in [0.4, 0.5) is 0 Å². The first-order valence-electron chi connectivity index (χ1n) is 14.9. The van der Waals surface area contributed by atoms with E-state index < -0.39 is 29.9 Å². The second-order valence-corrected chi connectivity index (χ2v) is 12.8. The number of carbonyl (C=O) groups excluding carboxylic acids is 4. The highest BCUT2D eigenvalue weighted by molar-refractivity contribution is 7.09. The molecule has 1 aliphatic rings. The van der Waals surface area contributed by atoms with E-state index in [1.54, 1.807) is 36.6 Å². The Morgan fingerprint density at radius 2 is 1.79 bits per heavy atom. The molecule has 1 saturated carbocycles. The zero-order chi connectivity index (χ0) is 31.7. The molecule has 2 amide bonds. The number of thiazole rings is 1. The average molecular weight is 616 g/mol. The molecule has 11 nitrogen and oxygen atoms in total. The predicted octanol–water partition coefficient (Wildman–Crippen LogP) is 4.45. The van der Waals surface area contributed by atoms with Crippen molar-refractivity contribution in [3.8, 4) is 0 Å². The van der Waals surface area contributed by atoms with Gasteiger partial charge in [-0.2, -0.15) is 0 Å². The Morgan fingerprint density at radius 1 is 1.12 bits per heavy atom. The Bertz CT molecular complexity index is 1250. The number of rotatable bonds is 16. The minimum atomic E-state index is -0.716. The zero-order valence-electron chi connectivity index (χ0n) is 26.3. The van der Waals surface area contributed by atoms with Gasteiger partial charge < -0.3 is 19.7 Å². The average Bonchev–Trinajstić information content (AvgIpc) is 3.66. The molecule has 43 heavy (non-hydrogen) atoms. The van der Waals surface area contributed by atoms with Gasteiger partial charge in [0.15, 0.2) is 6.10 Å². The SMILES string of the molecule is COC(=O)C(C)CC(Cc1ncc(C)cn1)NC(=O)c1csc(C(CC(C(C)C)N(C)C(=O)CCC2CC2)OC(C)=O)n1. The second kappa shape index (κ2) is 15.9. The summed E-state index contributed by atoms with van der Waals surface area (Å²) in [6, 6.07) is -0.643. The van der Waals surface area contributed by atoms with Crippen LogP contribution in [0, 0.1) is 24.7 Å². The lowest BCUT2D eigenvalue weighted by Gasteiger charge is -2.33. The van der Waals surface area contributed by atoms with Crippen LogP contribution < -0.4 is 5.32 Å². The lowest BCUT2D eigenvalue weighted by molar-refractivity contribution is -0.148. The highest BCUT2D eigenvalue weighted by Gasteiger charge is 2.32. The van der Waals surface area contributed by atoms with Crippen LogP contribution in [-0.4, -0.2) is 69.8 Å². The maximum atomic E-state index is 13.4. The van der Waals surface area contributed by atoms with Crippen molar-refractivity contribution in [2.75, 3.05) is 14.2 Å². The Balaban J connectivity index is 1.75. The zero-order valence-corrected chi connectivity index (χ0v) is 27.1. The summed E-state index contributed by atoms with van der Waals surface area (Å²) in [5, 5.41) is 5.08. The van der Waals surface area contributed by atoms with Crippen molar-refractivity contribution in [1.29, 1.82) is 0 Å². The van der Waals surface area contributed by atoms with Gasteiger partial charge in [0.25, 0.3) is 5.91 Å². The molecule has 0 saturated heterocycles. The van der Waals surface area contributed by atoms with E-state index in [-0.39, 0.29) is 29.5 Å². The molecular weight excluding hydrogens is 570 g/mol.